The van der Waals surface area contributed by atoms with Crippen LogP contribution in [-0.2, 0) is 28.6 Å². The second kappa shape index (κ2) is 29.7. The first-order valence-corrected chi connectivity index (χ1v) is 17.1. The van der Waals surface area contributed by atoms with E-state index in [1.54, 1.807) is 0 Å². The Morgan fingerprint density at radius 1 is 0.605 bits per heavy atom. The largest absolute Gasteiger partial charge is 0.462 e. The summed E-state index contributed by atoms with van der Waals surface area (Å²) in [6.07, 6.45) is 21.3. The van der Waals surface area contributed by atoms with E-state index in [-0.39, 0.29) is 37.5 Å². The molecule has 0 unspecified atom stereocenters. The van der Waals surface area contributed by atoms with Crippen molar-refractivity contribution in [3.05, 3.63) is 0 Å². The molecule has 0 bridgehead atoms. The number of hydrogen-bond donors (Lipinski definition) is 3. The van der Waals surface area contributed by atoms with Gasteiger partial charge in [-0.15, -0.1) is 0 Å². The van der Waals surface area contributed by atoms with Crippen LogP contribution in [0, 0.1) is 0 Å². The first-order valence-electron chi connectivity index (χ1n) is 17.1. The molecule has 0 aromatic rings. The number of hydrogen-bond acceptors (Lipinski definition) is 8. The van der Waals surface area contributed by atoms with Crippen LogP contribution in [0.4, 0.5) is 0 Å². The molecule has 0 amide bonds. The lowest BCUT2D eigenvalue weighted by Gasteiger charge is -2.19. The van der Waals surface area contributed by atoms with Crippen LogP contribution in [0.25, 0.3) is 0 Å². The van der Waals surface area contributed by atoms with Crippen molar-refractivity contribution >= 4 is 23.9 Å². The Balaban J connectivity index is 4.50. The first kappa shape index (κ1) is 40.6. The van der Waals surface area contributed by atoms with Gasteiger partial charge in [-0.25, -0.2) is 0 Å². The van der Waals surface area contributed by atoms with Crippen LogP contribution < -0.4 is 17.2 Å². The molecule has 0 saturated heterocycles. The molecule has 0 spiro atoms. The Morgan fingerprint density at radius 3 is 1.53 bits per heavy atom. The van der Waals surface area contributed by atoms with Crippen LogP contribution in [0.15, 0.2) is 4.99 Å². The number of guanidine groups is 1. The Morgan fingerprint density at radius 2 is 1.05 bits per heavy atom. The van der Waals surface area contributed by atoms with E-state index < -0.39 is 18.1 Å². The normalized spacial score (nSPS) is 12.3. The fourth-order valence-corrected chi connectivity index (χ4v) is 4.70. The highest BCUT2D eigenvalue weighted by molar-refractivity contribution is 5.76. The van der Waals surface area contributed by atoms with Crippen LogP contribution in [0.3, 0.4) is 0 Å². The Bertz CT molecular complexity index is 730. The van der Waals surface area contributed by atoms with Gasteiger partial charge in [-0.05, 0) is 25.7 Å². The van der Waals surface area contributed by atoms with E-state index in [1.165, 1.54) is 77.0 Å². The van der Waals surface area contributed by atoms with Crippen LogP contribution >= 0.6 is 0 Å². The number of rotatable bonds is 30. The summed E-state index contributed by atoms with van der Waals surface area (Å²) in [5.74, 6) is -1.37. The molecule has 0 rings (SSSR count). The predicted octanol–water partition coefficient (Wildman–Crippen LogP) is 6.21. The number of carbonyl (C=O) groups excluding carboxylic acids is 3. The quantitative estimate of drug-likeness (QED) is 0.0281. The number of nitrogens with two attached hydrogens (primary N) is 3. The van der Waals surface area contributed by atoms with Gasteiger partial charge in [-0.2, -0.15) is 0 Å². The van der Waals surface area contributed by atoms with Crippen LogP contribution in [0.5, 0.6) is 0 Å². The Labute approximate surface area is 261 Å². The van der Waals surface area contributed by atoms with Crippen molar-refractivity contribution in [2.75, 3.05) is 19.8 Å². The minimum atomic E-state index is -0.879. The highest BCUT2D eigenvalue weighted by atomic mass is 16.6. The third kappa shape index (κ3) is 28.2. The number of ether oxygens (including phenoxy) is 3. The molecular weight excluding hydrogens is 548 g/mol. The van der Waals surface area contributed by atoms with Gasteiger partial charge in [-0.3, -0.25) is 19.4 Å². The predicted molar refractivity (Wildman–Crippen MR) is 173 cm³/mol. The molecule has 2 atom stereocenters. The zero-order valence-corrected chi connectivity index (χ0v) is 27.5. The standard InChI is InChI=1S/C33H64N4O6/c1-3-5-7-9-11-13-15-17-19-23-30(38)41-26-28(27-42-32(40)29(34)22-21-25-37-33(35)36)43-31(39)24-20-18-16-14-12-10-8-6-4-2/h28-29H,3-27,34H2,1-2H3,(H4,35,36,37)/t28-,29+/m1/s1. The average Bonchev–Trinajstić information content (AvgIpc) is 2.98. The fraction of sp³-hybridized carbons (Fsp3) is 0.879. The Hall–Kier alpha value is -2.36. The lowest BCUT2D eigenvalue weighted by molar-refractivity contribution is -0.167. The molecule has 10 nitrogen and oxygen atoms in total. The smallest absolute Gasteiger partial charge is 0.323 e. The summed E-state index contributed by atoms with van der Waals surface area (Å²) < 4.78 is 16.3. The van der Waals surface area contributed by atoms with Gasteiger partial charge < -0.3 is 31.4 Å². The van der Waals surface area contributed by atoms with Gasteiger partial charge in [0.1, 0.15) is 19.3 Å². The first-order chi connectivity index (χ1) is 20.8. The lowest BCUT2D eigenvalue weighted by Crippen LogP contribution is -2.36. The monoisotopic (exact) mass is 612 g/mol. The van der Waals surface area contributed by atoms with E-state index in [4.69, 9.17) is 31.4 Å². The van der Waals surface area contributed by atoms with E-state index >= 15 is 0 Å². The van der Waals surface area contributed by atoms with Crippen molar-refractivity contribution in [3.63, 3.8) is 0 Å². The van der Waals surface area contributed by atoms with Crippen molar-refractivity contribution < 1.29 is 28.6 Å². The van der Waals surface area contributed by atoms with Gasteiger partial charge in [-0.1, -0.05) is 117 Å². The summed E-state index contributed by atoms with van der Waals surface area (Å²) in [5, 5.41) is 0. The van der Waals surface area contributed by atoms with Crippen LogP contribution in [-0.4, -0.2) is 55.8 Å². The molecule has 43 heavy (non-hydrogen) atoms. The van der Waals surface area contributed by atoms with Gasteiger partial charge in [0.25, 0.3) is 0 Å². The van der Waals surface area contributed by atoms with E-state index in [1.807, 2.05) is 0 Å². The van der Waals surface area contributed by atoms with Gasteiger partial charge in [0.05, 0.1) is 0 Å². The molecule has 0 radical (unpaired) electrons. The molecule has 0 aromatic carbocycles. The summed E-state index contributed by atoms with van der Waals surface area (Å²) in [7, 11) is 0. The molecule has 0 heterocycles. The maximum Gasteiger partial charge on any atom is 0.323 e. The van der Waals surface area contributed by atoms with Crippen molar-refractivity contribution in [1.29, 1.82) is 0 Å². The van der Waals surface area contributed by atoms with Crippen molar-refractivity contribution in [1.82, 2.24) is 0 Å². The van der Waals surface area contributed by atoms with Crippen LogP contribution in [0.1, 0.15) is 155 Å². The molecule has 0 saturated carbocycles. The van der Waals surface area contributed by atoms with E-state index in [2.05, 4.69) is 18.8 Å². The van der Waals surface area contributed by atoms with Gasteiger partial charge in [0, 0.05) is 19.4 Å². The summed E-state index contributed by atoms with van der Waals surface area (Å²) >= 11 is 0. The Kier molecular flexibility index (Phi) is 28.1. The molecule has 0 aromatic heterocycles. The third-order valence-electron chi connectivity index (χ3n) is 7.38. The lowest BCUT2D eigenvalue weighted by atomic mass is 10.1. The minimum Gasteiger partial charge on any atom is -0.462 e. The number of unbranched alkanes of at least 4 members (excludes halogenated alkanes) is 16. The van der Waals surface area contributed by atoms with E-state index in [0.717, 1.165) is 38.5 Å². The maximum atomic E-state index is 12.5. The zero-order chi connectivity index (χ0) is 32.0. The molecule has 6 N–H and O–H groups in total. The summed E-state index contributed by atoms with van der Waals surface area (Å²) in [4.78, 5) is 41.1. The summed E-state index contributed by atoms with van der Waals surface area (Å²) in [5.41, 5.74) is 16.5. The van der Waals surface area contributed by atoms with Crippen molar-refractivity contribution in [2.45, 2.75) is 167 Å². The molecule has 0 aliphatic rings. The molecule has 252 valence electrons. The molecule has 10 heteroatoms. The van der Waals surface area contributed by atoms with Gasteiger partial charge >= 0.3 is 17.9 Å². The van der Waals surface area contributed by atoms with E-state index in [0.29, 0.717) is 25.8 Å². The van der Waals surface area contributed by atoms with Crippen LogP contribution in [0.2, 0.25) is 0 Å². The number of esters is 3. The molecule has 0 fully saturated rings. The molecule has 0 aliphatic heterocycles. The summed E-state index contributed by atoms with van der Waals surface area (Å²) in [6, 6.07) is -0.860. The van der Waals surface area contributed by atoms with E-state index in [9.17, 15) is 14.4 Å². The SMILES string of the molecule is CCCCCCCCCCCC(=O)OC[C@H](COC(=O)[C@@H](N)CCCN=C(N)N)OC(=O)CCCCCCCCCCC. The third-order valence-corrected chi connectivity index (χ3v) is 7.38. The second-order valence-electron chi connectivity index (χ2n) is 11.6. The van der Waals surface area contributed by atoms with Gasteiger partial charge in [0.2, 0.25) is 0 Å². The average molecular weight is 613 g/mol. The summed E-state index contributed by atoms with van der Waals surface area (Å²) in [6.45, 7) is 4.40. The minimum absolute atomic E-state index is 0.0180. The highest BCUT2D eigenvalue weighted by Crippen LogP contribution is 2.13. The molecular formula is C33H64N4O6. The number of nitrogens with zero attached hydrogens (tertiary/aromatic N) is 1. The van der Waals surface area contributed by atoms with Crippen molar-refractivity contribution in [3.8, 4) is 0 Å². The fourth-order valence-electron chi connectivity index (χ4n) is 4.70. The highest BCUT2D eigenvalue weighted by Gasteiger charge is 2.22. The van der Waals surface area contributed by atoms with Crippen molar-refractivity contribution in [2.24, 2.45) is 22.2 Å². The topological polar surface area (TPSA) is 169 Å². The zero-order valence-electron chi connectivity index (χ0n) is 27.5. The molecule has 0 aliphatic carbocycles. The van der Waals surface area contributed by atoms with Gasteiger partial charge in [0.15, 0.2) is 12.1 Å². The second-order valence-corrected chi connectivity index (χ2v) is 11.6. The number of aliphatic imine (C=N–C) groups is 1. The number of carbonyl (C=O) groups is 3. The maximum absolute atomic E-state index is 12.5.